The van der Waals surface area contributed by atoms with E-state index in [1.54, 1.807) is 18.2 Å². The summed E-state index contributed by atoms with van der Waals surface area (Å²) in [6, 6.07) is 7.83. The lowest BCUT2D eigenvalue weighted by Crippen LogP contribution is -2.16. The van der Waals surface area contributed by atoms with E-state index in [2.05, 4.69) is 10.3 Å². The number of anilines is 1. The van der Waals surface area contributed by atoms with Crippen molar-refractivity contribution < 1.29 is 13.6 Å². The molecule has 25 heavy (non-hydrogen) atoms. The van der Waals surface area contributed by atoms with Crippen molar-refractivity contribution in [1.29, 1.82) is 0 Å². The van der Waals surface area contributed by atoms with Gasteiger partial charge in [-0.05, 0) is 43.2 Å². The maximum Gasteiger partial charge on any atom is 0.258 e. The van der Waals surface area contributed by atoms with E-state index in [1.807, 2.05) is 13.8 Å². The van der Waals surface area contributed by atoms with Crippen LogP contribution in [0, 0.1) is 18.6 Å². The molecule has 0 aliphatic heterocycles. The van der Waals surface area contributed by atoms with Gasteiger partial charge in [-0.25, -0.2) is 8.78 Å². The quantitative estimate of drug-likeness (QED) is 0.757. The number of fused-ring (bicyclic) bond motifs is 1. The highest BCUT2D eigenvalue weighted by Crippen LogP contribution is 2.22. The molecule has 128 valence electrons. The van der Waals surface area contributed by atoms with Gasteiger partial charge in [0.2, 0.25) is 0 Å². The van der Waals surface area contributed by atoms with Gasteiger partial charge in [-0.1, -0.05) is 13.0 Å². The Bertz CT molecular complexity index is 1040. The largest absolute Gasteiger partial charge is 0.322 e. The number of aromatic nitrogens is 1. The van der Waals surface area contributed by atoms with Crippen LogP contribution >= 0.6 is 0 Å². The molecule has 0 fully saturated rings. The first-order valence-corrected chi connectivity index (χ1v) is 7.82. The average Bonchev–Trinajstić information content (AvgIpc) is 2.54. The molecule has 1 amide bonds. The zero-order chi connectivity index (χ0) is 18.1. The number of halogens is 2. The number of hydrogen-bond donors (Lipinski definition) is 2. The van der Waals surface area contributed by atoms with Gasteiger partial charge in [0, 0.05) is 22.7 Å². The lowest BCUT2D eigenvalue weighted by Gasteiger charge is -2.10. The maximum absolute atomic E-state index is 13.7. The predicted octanol–water partition coefficient (Wildman–Crippen LogP) is 3.93. The first kappa shape index (κ1) is 16.8. The molecule has 2 N–H and O–H groups in total. The first-order chi connectivity index (χ1) is 11.9. The Morgan fingerprint density at radius 3 is 2.60 bits per heavy atom. The van der Waals surface area contributed by atoms with Crippen molar-refractivity contribution in [2.75, 3.05) is 5.32 Å². The fourth-order valence-electron chi connectivity index (χ4n) is 2.88. The molecule has 3 rings (SSSR count). The van der Waals surface area contributed by atoms with Crippen LogP contribution in [0.1, 0.15) is 28.4 Å². The van der Waals surface area contributed by atoms with Gasteiger partial charge in [-0.3, -0.25) is 9.59 Å². The highest BCUT2D eigenvalue weighted by molar-refractivity contribution is 6.05. The lowest BCUT2D eigenvalue weighted by molar-refractivity contribution is 0.102. The predicted molar refractivity (Wildman–Crippen MR) is 93.0 cm³/mol. The molecular formula is C19H16F2N2O2. The molecule has 0 saturated heterocycles. The molecule has 0 saturated carbocycles. The zero-order valence-corrected chi connectivity index (χ0v) is 13.7. The average molecular weight is 342 g/mol. The summed E-state index contributed by atoms with van der Waals surface area (Å²) in [7, 11) is 0. The SMILES string of the molecule is CCc1c(C)c2ccc(NC(=O)c3ccc(F)cc3F)cc2[nH]c1=O. The summed E-state index contributed by atoms with van der Waals surface area (Å²) in [5, 5.41) is 3.43. The van der Waals surface area contributed by atoms with E-state index in [0.717, 1.165) is 28.6 Å². The second-order valence-corrected chi connectivity index (χ2v) is 5.75. The third kappa shape index (κ3) is 3.15. The van der Waals surface area contributed by atoms with Crippen molar-refractivity contribution >= 4 is 22.5 Å². The number of aryl methyl sites for hydroxylation is 1. The molecule has 0 atom stereocenters. The normalized spacial score (nSPS) is 10.9. The van der Waals surface area contributed by atoms with Gasteiger partial charge in [-0.15, -0.1) is 0 Å². The summed E-state index contributed by atoms with van der Waals surface area (Å²) in [6.45, 7) is 3.79. The van der Waals surface area contributed by atoms with Crippen LogP contribution in [-0.2, 0) is 6.42 Å². The Labute approximate surface area is 142 Å². The summed E-state index contributed by atoms with van der Waals surface area (Å²) in [5.41, 5.74) is 2.17. The van der Waals surface area contributed by atoms with Crippen LogP contribution in [0.2, 0.25) is 0 Å². The van der Waals surface area contributed by atoms with Crippen LogP contribution in [0.5, 0.6) is 0 Å². The molecule has 0 spiro atoms. The number of amides is 1. The van der Waals surface area contributed by atoms with E-state index < -0.39 is 17.5 Å². The third-order valence-electron chi connectivity index (χ3n) is 4.19. The Kier molecular flexibility index (Phi) is 4.35. The van der Waals surface area contributed by atoms with Gasteiger partial charge in [0.1, 0.15) is 11.6 Å². The number of H-pyrrole nitrogens is 1. The van der Waals surface area contributed by atoms with Gasteiger partial charge >= 0.3 is 0 Å². The first-order valence-electron chi connectivity index (χ1n) is 7.82. The van der Waals surface area contributed by atoms with Gasteiger partial charge in [0.15, 0.2) is 0 Å². The Balaban J connectivity index is 1.97. The molecule has 0 bridgehead atoms. The Morgan fingerprint density at radius 2 is 1.92 bits per heavy atom. The standard InChI is InChI=1S/C19H16F2N2O2/c1-3-13-10(2)14-7-5-12(9-17(14)23-18(13)24)22-19(25)15-6-4-11(20)8-16(15)21/h4-9H,3H2,1-2H3,(H,22,25)(H,23,24). The van der Waals surface area contributed by atoms with E-state index >= 15 is 0 Å². The highest BCUT2D eigenvalue weighted by Gasteiger charge is 2.14. The van der Waals surface area contributed by atoms with Gasteiger partial charge in [-0.2, -0.15) is 0 Å². The fourth-order valence-corrected chi connectivity index (χ4v) is 2.88. The molecule has 2 aromatic carbocycles. The van der Waals surface area contributed by atoms with Gasteiger partial charge < -0.3 is 10.3 Å². The van der Waals surface area contributed by atoms with Crippen LogP contribution in [0.15, 0.2) is 41.2 Å². The summed E-state index contributed by atoms with van der Waals surface area (Å²) >= 11 is 0. The number of hydrogen-bond acceptors (Lipinski definition) is 2. The molecule has 0 aliphatic carbocycles. The third-order valence-corrected chi connectivity index (χ3v) is 4.19. The molecule has 4 nitrogen and oxygen atoms in total. The van der Waals surface area contributed by atoms with Crippen molar-refractivity contribution in [1.82, 2.24) is 4.98 Å². The molecule has 0 aliphatic rings. The maximum atomic E-state index is 13.7. The van der Waals surface area contributed by atoms with E-state index in [9.17, 15) is 18.4 Å². The number of carbonyl (C=O) groups excluding carboxylic acids is 1. The zero-order valence-electron chi connectivity index (χ0n) is 13.7. The van der Waals surface area contributed by atoms with Gasteiger partial charge in [0.25, 0.3) is 11.5 Å². The van der Waals surface area contributed by atoms with Gasteiger partial charge in [0.05, 0.1) is 11.1 Å². The molecule has 3 aromatic rings. The summed E-state index contributed by atoms with van der Waals surface area (Å²) in [6.07, 6.45) is 0.624. The van der Waals surface area contributed by atoms with E-state index in [-0.39, 0.29) is 11.1 Å². The van der Waals surface area contributed by atoms with Crippen molar-refractivity contribution in [2.24, 2.45) is 0 Å². The Morgan fingerprint density at radius 1 is 1.16 bits per heavy atom. The molecule has 1 aromatic heterocycles. The lowest BCUT2D eigenvalue weighted by atomic mass is 10.0. The number of nitrogens with one attached hydrogen (secondary N) is 2. The topological polar surface area (TPSA) is 62.0 Å². The number of pyridine rings is 1. The van der Waals surface area contributed by atoms with Crippen LogP contribution in [-0.4, -0.2) is 10.9 Å². The number of carbonyl (C=O) groups is 1. The summed E-state index contributed by atoms with van der Waals surface area (Å²) in [4.78, 5) is 27.1. The van der Waals surface area contributed by atoms with Crippen molar-refractivity contribution in [3.8, 4) is 0 Å². The molecule has 0 unspecified atom stereocenters. The number of rotatable bonds is 3. The smallest absolute Gasteiger partial charge is 0.258 e. The highest BCUT2D eigenvalue weighted by atomic mass is 19.1. The van der Waals surface area contributed by atoms with E-state index in [4.69, 9.17) is 0 Å². The summed E-state index contributed by atoms with van der Waals surface area (Å²) in [5.74, 6) is -2.38. The van der Waals surface area contributed by atoms with Crippen LogP contribution < -0.4 is 10.9 Å². The van der Waals surface area contributed by atoms with Crippen LogP contribution in [0.3, 0.4) is 0 Å². The molecule has 1 heterocycles. The minimum Gasteiger partial charge on any atom is -0.322 e. The van der Waals surface area contributed by atoms with Crippen molar-refractivity contribution in [2.45, 2.75) is 20.3 Å². The monoisotopic (exact) mass is 342 g/mol. The van der Waals surface area contributed by atoms with Crippen LogP contribution in [0.25, 0.3) is 10.9 Å². The molecule has 6 heteroatoms. The van der Waals surface area contributed by atoms with Crippen molar-refractivity contribution in [3.05, 3.63) is 75.1 Å². The van der Waals surface area contributed by atoms with Crippen LogP contribution in [0.4, 0.5) is 14.5 Å². The minimum atomic E-state index is -0.935. The van der Waals surface area contributed by atoms with E-state index in [0.29, 0.717) is 23.7 Å². The molecular weight excluding hydrogens is 326 g/mol. The fraction of sp³-hybridized carbons (Fsp3) is 0.158. The number of aromatic amines is 1. The van der Waals surface area contributed by atoms with E-state index in [1.165, 1.54) is 0 Å². The summed E-state index contributed by atoms with van der Waals surface area (Å²) < 4.78 is 26.6. The molecule has 0 radical (unpaired) electrons. The van der Waals surface area contributed by atoms with Crippen molar-refractivity contribution in [3.63, 3.8) is 0 Å². The minimum absolute atomic E-state index is 0.166. The Hall–Kier alpha value is -3.02. The number of benzene rings is 2. The second kappa shape index (κ2) is 6.47. The second-order valence-electron chi connectivity index (χ2n) is 5.75.